The van der Waals surface area contributed by atoms with Crippen LogP contribution < -0.4 is 5.32 Å². The van der Waals surface area contributed by atoms with Crippen LogP contribution in [-0.2, 0) is 0 Å². The summed E-state index contributed by atoms with van der Waals surface area (Å²) < 4.78 is 0.888. The van der Waals surface area contributed by atoms with Gasteiger partial charge in [0.15, 0.2) is 0 Å². The van der Waals surface area contributed by atoms with Crippen molar-refractivity contribution in [1.82, 2.24) is 14.7 Å². The lowest BCUT2D eigenvalue weighted by atomic mass is 10.0. The van der Waals surface area contributed by atoms with E-state index >= 15 is 0 Å². The molecule has 134 valence electrons. The summed E-state index contributed by atoms with van der Waals surface area (Å²) >= 11 is 9.50. The second kappa shape index (κ2) is 9.04. The lowest BCUT2D eigenvalue weighted by molar-refractivity contribution is 0.136. The van der Waals surface area contributed by atoms with Crippen molar-refractivity contribution >= 4 is 39.2 Å². The molecule has 1 N–H and O–H groups in total. The molecule has 24 heavy (non-hydrogen) atoms. The first-order chi connectivity index (χ1) is 11.4. The zero-order chi connectivity index (χ0) is 17.7. The number of carbonyl (C=O) groups excluding carboxylic acids is 1. The highest BCUT2D eigenvalue weighted by Gasteiger charge is 2.21. The number of carbonyl (C=O) groups is 1. The van der Waals surface area contributed by atoms with Crippen LogP contribution in [-0.4, -0.2) is 74.1 Å². The van der Waals surface area contributed by atoms with Gasteiger partial charge in [0.25, 0.3) is 0 Å². The first-order valence-corrected chi connectivity index (χ1v) is 9.40. The summed E-state index contributed by atoms with van der Waals surface area (Å²) in [5.41, 5.74) is 0.625. The van der Waals surface area contributed by atoms with Gasteiger partial charge in [-0.2, -0.15) is 0 Å². The zero-order valence-electron chi connectivity index (χ0n) is 14.6. The monoisotopic (exact) mass is 416 g/mol. The van der Waals surface area contributed by atoms with E-state index in [9.17, 15) is 4.79 Å². The Balaban J connectivity index is 1.79. The Labute approximate surface area is 158 Å². The van der Waals surface area contributed by atoms with E-state index < -0.39 is 0 Å². The Bertz CT molecular complexity index is 564. The largest absolute Gasteiger partial charge is 0.326 e. The van der Waals surface area contributed by atoms with Crippen molar-refractivity contribution in [3.8, 4) is 0 Å². The molecule has 0 aliphatic carbocycles. The molecule has 0 atom stereocenters. The van der Waals surface area contributed by atoms with Crippen LogP contribution in [0.2, 0.25) is 5.02 Å². The van der Waals surface area contributed by atoms with Crippen molar-refractivity contribution in [3.05, 3.63) is 27.7 Å². The number of rotatable bonds is 5. The molecule has 2 rings (SSSR count). The van der Waals surface area contributed by atoms with Gasteiger partial charge in [-0.15, -0.1) is 0 Å². The van der Waals surface area contributed by atoms with Crippen molar-refractivity contribution < 1.29 is 4.79 Å². The average molecular weight is 418 g/mol. The number of hydrogen-bond acceptors (Lipinski definition) is 3. The number of amides is 2. The predicted octanol–water partition coefficient (Wildman–Crippen LogP) is 3.59. The van der Waals surface area contributed by atoms with E-state index in [-0.39, 0.29) is 6.03 Å². The van der Waals surface area contributed by atoms with Crippen LogP contribution in [0.25, 0.3) is 0 Å². The third kappa shape index (κ3) is 5.62. The van der Waals surface area contributed by atoms with Gasteiger partial charge in [0.2, 0.25) is 0 Å². The smallest absolute Gasteiger partial charge is 0.321 e. The minimum absolute atomic E-state index is 0.143. The third-order valence-corrected chi connectivity index (χ3v) is 5.42. The highest BCUT2D eigenvalue weighted by molar-refractivity contribution is 9.10. The Morgan fingerprint density at radius 3 is 2.62 bits per heavy atom. The lowest BCUT2D eigenvalue weighted by Crippen LogP contribution is -2.45. The number of halogens is 2. The van der Waals surface area contributed by atoms with Crippen LogP contribution in [0, 0.1) is 0 Å². The van der Waals surface area contributed by atoms with Gasteiger partial charge in [0.05, 0.1) is 10.7 Å². The van der Waals surface area contributed by atoms with Gasteiger partial charge in [0.1, 0.15) is 0 Å². The van der Waals surface area contributed by atoms with Gasteiger partial charge in [-0.25, -0.2) is 4.79 Å². The highest BCUT2D eigenvalue weighted by Crippen LogP contribution is 2.25. The van der Waals surface area contributed by atoms with E-state index in [2.05, 4.69) is 45.1 Å². The Morgan fingerprint density at radius 1 is 1.33 bits per heavy atom. The highest BCUT2D eigenvalue weighted by atomic mass is 79.9. The second-order valence-electron chi connectivity index (χ2n) is 6.49. The van der Waals surface area contributed by atoms with E-state index in [1.807, 2.05) is 13.1 Å². The number of hydrogen-bond donors (Lipinski definition) is 1. The van der Waals surface area contributed by atoms with E-state index in [0.717, 1.165) is 24.1 Å². The first-order valence-electron chi connectivity index (χ1n) is 8.22. The Kier molecular flexibility index (Phi) is 7.34. The molecule has 0 spiro atoms. The van der Waals surface area contributed by atoms with Gasteiger partial charge >= 0.3 is 6.03 Å². The number of nitrogens with one attached hydrogen (secondary N) is 1. The lowest BCUT2D eigenvalue weighted by Gasteiger charge is -2.35. The molecule has 0 aromatic heterocycles. The molecule has 0 saturated carbocycles. The van der Waals surface area contributed by atoms with Crippen molar-refractivity contribution in [2.24, 2.45) is 0 Å². The fraction of sp³-hybridized carbons (Fsp3) is 0.588. The number of likely N-dealkylation sites (tertiary alicyclic amines) is 1. The number of nitrogens with zero attached hydrogens (tertiary/aromatic N) is 3. The zero-order valence-corrected chi connectivity index (χ0v) is 16.9. The van der Waals surface area contributed by atoms with E-state index in [0.29, 0.717) is 23.3 Å². The number of likely N-dealkylation sites (N-methyl/N-ethyl adjacent to an activating group) is 2. The Hall–Kier alpha value is -0.820. The molecule has 1 fully saturated rings. The number of anilines is 1. The van der Waals surface area contributed by atoms with Crippen LogP contribution >= 0.6 is 27.5 Å². The SMILES string of the molecule is CN1CCC(N(C)CCN(C)C(=O)Nc2ccc(Br)cc2Cl)CC1. The third-order valence-electron chi connectivity index (χ3n) is 4.62. The summed E-state index contributed by atoms with van der Waals surface area (Å²) in [5, 5.41) is 3.38. The summed E-state index contributed by atoms with van der Waals surface area (Å²) in [4.78, 5) is 18.7. The number of benzene rings is 1. The van der Waals surface area contributed by atoms with E-state index in [1.54, 1.807) is 17.0 Å². The van der Waals surface area contributed by atoms with Crippen LogP contribution in [0.4, 0.5) is 10.5 Å². The van der Waals surface area contributed by atoms with Gasteiger partial charge in [0, 0.05) is 30.7 Å². The molecule has 1 heterocycles. The van der Waals surface area contributed by atoms with Crippen LogP contribution in [0.5, 0.6) is 0 Å². The van der Waals surface area contributed by atoms with Crippen LogP contribution in [0.15, 0.2) is 22.7 Å². The summed E-state index contributed by atoms with van der Waals surface area (Å²) in [6, 6.07) is 5.89. The maximum atomic E-state index is 12.3. The molecule has 0 bridgehead atoms. The molecular weight excluding hydrogens is 392 g/mol. The average Bonchev–Trinajstić information content (AvgIpc) is 2.55. The number of piperidine rings is 1. The van der Waals surface area contributed by atoms with Crippen molar-refractivity contribution in [2.45, 2.75) is 18.9 Å². The summed E-state index contributed by atoms with van der Waals surface area (Å²) in [6.07, 6.45) is 2.38. The van der Waals surface area contributed by atoms with Gasteiger partial charge < -0.3 is 20.0 Å². The topological polar surface area (TPSA) is 38.8 Å². The molecule has 7 heteroatoms. The van der Waals surface area contributed by atoms with Crippen LogP contribution in [0.1, 0.15) is 12.8 Å². The molecule has 1 aliphatic rings. The Morgan fingerprint density at radius 2 is 2.00 bits per heavy atom. The first kappa shape index (κ1) is 19.5. The summed E-state index contributed by atoms with van der Waals surface area (Å²) in [6.45, 7) is 3.84. The minimum Gasteiger partial charge on any atom is -0.326 e. The fourth-order valence-corrected chi connectivity index (χ4v) is 3.55. The minimum atomic E-state index is -0.143. The normalized spacial score (nSPS) is 16.4. The standard InChI is InChI=1S/C17H26BrClN4O/c1-21-8-6-14(7-9-21)22(2)10-11-23(3)17(24)20-16-5-4-13(18)12-15(16)19/h4-5,12,14H,6-11H2,1-3H3,(H,20,24). The fourth-order valence-electron chi connectivity index (χ4n) is 2.83. The van der Waals surface area contributed by atoms with Crippen molar-refractivity contribution in [1.29, 1.82) is 0 Å². The van der Waals surface area contributed by atoms with Crippen LogP contribution in [0.3, 0.4) is 0 Å². The maximum Gasteiger partial charge on any atom is 0.321 e. The van der Waals surface area contributed by atoms with Gasteiger partial charge in [-0.3, -0.25) is 0 Å². The summed E-state index contributed by atoms with van der Waals surface area (Å²) in [7, 11) is 6.12. The quantitative estimate of drug-likeness (QED) is 0.795. The maximum absolute atomic E-state index is 12.3. The second-order valence-corrected chi connectivity index (χ2v) is 7.81. The van der Waals surface area contributed by atoms with Crippen molar-refractivity contribution in [2.75, 3.05) is 52.6 Å². The molecule has 0 unspecified atom stereocenters. The molecule has 1 aliphatic heterocycles. The molecule has 2 amide bonds. The molecule has 1 aromatic carbocycles. The summed E-state index contributed by atoms with van der Waals surface area (Å²) in [5.74, 6) is 0. The molecular formula is C17H26BrClN4O. The van der Waals surface area contributed by atoms with E-state index in [4.69, 9.17) is 11.6 Å². The van der Waals surface area contributed by atoms with Gasteiger partial charge in [-0.1, -0.05) is 27.5 Å². The van der Waals surface area contributed by atoms with Gasteiger partial charge in [-0.05, 0) is 58.2 Å². The molecule has 1 aromatic rings. The molecule has 5 nitrogen and oxygen atoms in total. The van der Waals surface area contributed by atoms with Crippen molar-refractivity contribution in [3.63, 3.8) is 0 Å². The molecule has 0 radical (unpaired) electrons. The number of urea groups is 1. The predicted molar refractivity (Wildman–Crippen MR) is 104 cm³/mol. The van der Waals surface area contributed by atoms with E-state index in [1.165, 1.54) is 12.8 Å². The molecule has 1 saturated heterocycles.